The summed E-state index contributed by atoms with van der Waals surface area (Å²) in [4.78, 5) is 11.3. The van der Waals surface area contributed by atoms with Gasteiger partial charge in [0.05, 0.1) is 24.5 Å². The first-order chi connectivity index (χ1) is 8.13. The summed E-state index contributed by atoms with van der Waals surface area (Å²) in [7, 11) is 1.19. The second-order valence-corrected chi connectivity index (χ2v) is 3.32. The lowest BCUT2D eigenvalue weighted by molar-refractivity contribution is 0.0600. The number of esters is 1. The number of hydrogen-bond donors (Lipinski definition) is 1. The van der Waals surface area contributed by atoms with Gasteiger partial charge in [-0.2, -0.15) is 0 Å². The molecule has 2 aromatic rings. The fraction of sp³-hybridized carbons (Fsp3) is 0.0833. The zero-order valence-electron chi connectivity index (χ0n) is 8.94. The minimum Gasteiger partial charge on any atom is -0.504 e. The molecular weight excluding hydrogens is 227 g/mol. The van der Waals surface area contributed by atoms with Gasteiger partial charge in [0.1, 0.15) is 5.76 Å². The highest BCUT2D eigenvalue weighted by Gasteiger charge is 2.17. The predicted octanol–water partition coefficient (Wildman–Crippen LogP) is 2.58. The van der Waals surface area contributed by atoms with Crippen LogP contribution in [0.1, 0.15) is 10.4 Å². The molecule has 0 spiro atoms. The summed E-state index contributed by atoms with van der Waals surface area (Å²) in [5.41, 5.74) is 0.115. The third-order valence-electron chi connectivity index (χ3n) is 2.27. The summed E-state index contributed by atoms with van der Waals surface area (Å²) in [5.74, 6) is -1.88. The monoisotopic (exact) mass is 236 g/mol. The highest BCUT2D eigenvalue weighted by Crippen LogP contribution is 2.33. The van der Waals surface area contributed by atoms with Gasteiger partial charge < -0.3 is 14.3 Å². The second-order valence-electron chi connectivity index (χ2n) is 3.32. The van der Waals surface area contributed by atoms with E-state index in [1.54, 1.807) is 12.1 Å². The van der Waals surface area contributed by atoms with Gasteiger partial charge in [-0.05, 0) is 24.3 Å². The number of halogens is 1. The van der Waals surface area contributed by atoms with Gasteiger partial charge in [-0.15, -0.1) is 0 Å². The number of phenols is 1. The zero-order valence-corrected chi connectivity index (χ0v) is 8.94. The van der Waals surface area contributed by atoms with Crippen LogP contribution in [0.5, 0.6) is 5.75 Å². The van der Waals surface area contributed by atoms with Gasteiger partial charge in [0.2, 0.25) is 0 Å². The Balaban J connectivity index is 2.59. The second kappa shape index (κ2) is 4.29. The highest BCUT2D eigenvalue weighted by molar-refractivity contribution is 5.91. The first kappa shape index (κ1) is 11.2. The minimum absolute atomic E-state index is 0.00852. The smallest absolute Gasteiger partial charge is 0.337 e. The Kier molecular flexibility index (Phi) is 2.82. The number of rotatable bonds is 2. The first-order valence-electron chi connectivity index (χ1n) is 4.78. The number of hydrogen-bond acceptors (Lipinski definition) is 4. The molecule has 0 aliphatic rings. The average Bonchev–Trinajstić information content (AvgIpc) is 2.85. The molecule has 5 heteroatoms. The lowest BCUT2D eigenvalue weighted by Gasteiger charge is -2.05. The molecule has 0 radical (unpaired) electrons. The molecule has 17 heavy (non-hydrogen) atoms. The molecule has 1 aromatic carbocycles. The number of aromatic hydroxyl groups is 1. The van der Waals surface area contributed by atoms with E-state index in [-0.39, 0.29) is 16.9 Å². The van der Waals surface area contributed by atoms with E-state index in [1.165, 1.54) is 19.4 Å². The van der Waals surface area contributed by atoms with Crippen molar-refractivity contribution in [2.45, 2.75) is 0 Å². The first-order valence-corrected chi connectivity index (χ1v) is 4.78. The van der Waals surface area contributed by atoms with Gasteiger partial charge >= 0.3 is 5.97 Å². The number of carbonyl (C=O) groups excluding carboxylic acids is 1. The molecule has 0 amide bonds. The quantitative estimate of drug-likeness (QED) is 0.814. The molecule has 0 aliphatic carbocycles. The molecule has 1 aromatic heterocycles. The Hall–Kier alpha value is -2.30. The van der Waals surface area contributed by atoms with Crippen molar-refractivity contribution in [3.63, 3.8) is 0 Å². The van der Waals surface area contributed by atoms with Gasteiger partial charge in [-0.3, -0.25) is 0 Å². The van der Waals surface area contributed by atoms with Crippen LogP contribution in [-0.4, -0.2) is 18.2 Å². The third-order valence-corrected chi connectivity index (χ3v) is 2.27. The molecule has 0 saturated carbocycles. The molecule has 88 valence electrons. The number of furan rings is 1. The molecular formula is C12H9FO4. The van der Waals surface area contributed by atoms with Crippen molar-refractivity contribution in [1.29, 1.82) is 0 Å². The molecule has 0 saturated heterocycles. The van der Waals surface area contributed by atoms with E-state index in [0.717, 1.165) is 6.07 Å². The van der Waals surface area contributed by atoms with E-state index >= 15 is 0 Å². The molecule has 0 unspecified atom stereocenters. The maximum absolute atomic E-state index is 13.4. The molecule has 1 N–H and O–H groups in total. The van der Waals surface area contributed by atoms with Crippen molar-refractivity contribution in [1.82, 2.24) is 0 Å². The van der Waals surface area contributed by atoms with Gasteiger partial charge in [0.15, 0.2) is 11.6 Å². The summed E-state index contributed by atoms with van der Waals surface area (Å²) in [6.07, 6.45) is 1.39. The fourth-order valence-corrected chi connectivity index (χ4v) is 1.45. The average molecular weight is 236 g/mol. The van der Waals surface area contributed by atoms with Crippen LogP contribution in [0, 0.1) is 5.82 Å². The van der Waals surface area contributed by atoms with Gasteiger partial charge in [-0.25, -0.2) is 9.18 Å². The van der Waals surface area contributed by atoms with Crippen molar-refractivity contribution in [3.05, 3.63) is 41.9 Å². The van der Waals surface area contributed by atoms with Crippen LogP contribution in [0.15, 0.2) is 34.9 Å². The maximum Gasteiger partial charge on any atom is 0.337 e. The van der Waals surface area contributed by atoms with Gasteiger partial charge in [0, 0.05) is 0 Å². The van der Waals surface area contributed by atoms with Crippen molar-refractivity contribution < 1.29 is 23.4 Å². The Bertz CT molecular complexity index is 546. The summed E-state index contributed by atoms with van der Waals surface area (Å²) in [6, 6.07) is 5.36. The summed E-state index contributed by atoms with van der Waals surface area (Å²) in [5, 5.41) is 9.56. The Labute approximate surface area is 96.2 Å². The minimum atomic E-state index is -0.903. The van der Waals surface area contributed by atoms with Crippen molar-refractivity contribution in [2.75, 3.05) is 7.11 Å². The van der Waals surface area contributed by atoms with E-state index in [4.69, 9.17) is 4.42 Å². The summed E-state index contributed by atoms with van der Waals surface area (Å²) >= 11 is 0. The van der Waals surface area contributed by atoms with Crippen molar-refractivity contribution >= 4 is 5.97 Å². The van der Waals surface area contributed by atoms with Crippen LogP contribution in [0.4, 0.5) is 4.39 Å². The van der Waals surface area contributed by atoms with Crippen LogP contribution in [0.2, 0.25) is 0 Å². The van der Waals surface area contributed by atoms with E-state index in [1.807, 2.05) is 0 Å². The predicted molar refractivity (Wildman–Crippen MR) is 57.1 cm³/mol. The maximum atomic E-state index is 13.4. The molecule has 4 nitrogen and oxygen atoms in total. The van der Waals surface area contributed by atoms with Crippen LogP contribution in [0.25, 0.3) is 11.3 Å². The third kappa shape index (κ3) is 1.99. The number of ether oxygens (including phenoxy) is 1. The topological polar surface area (TPSA) is 59.7 Å². The SMILES string of the molecule is COC(=O)c1cc(F)c(O)c(-c2ccco2)c1. The van der Waals surface area contributed by atoms with E-state index in [0.29, 0.717) is 0 Å². The molecule has 2 rings (SSSR count). The number of carbonyl (C=O) groups is 1. The van der Waals surface area contributed by atoms with Crippen LogP contribution in [0.3, 0.4) is 0 Å². The van der Waals surface area contributed by atoms with Crippen molar-refractivity contribution in [3.8, 4) is 17.1 Å². The van der Waals surface area contributed by atoms with Crippen LogP contribution in [-0.2, 0) is 4.74 Å². The molecule has 0 aliphatic heterocycles. The molecule has 0 bridgehead atoms. The van der Waals surface area contributed by atoms with Crippen molar-refractivity contribution in [2.24, 2.45) is 0 Å². The largest absolute Gasteiger partial charge is 0.504 e. The van der Waals surface area contributed by atoms with E-state index in [2.05, 4.69) is 4.74 Å². The number of benzene rings is 1. The summed E-state index contributed by atoms with van der Waals surface area (Å²) in [6.45, 7) is 0. The van der Waals surface area contributed by atoms with Gasteiger partial charge in [0.25, 0.3) is 0 Å². The Morgan fingerprint density at radius 2 is 2.24 bits per heavy atom. The van der Waals surface area contributed by atoms with E-state index < -0.39 is 17.5 Å². The molecule has 0 fully saturated rings. The normalized spacial score (nSPS) is 10.2. The Morgan fingerprint density at radius 1 is 1.47 bits per heavy atom. The molecule has 1 heterocycles. The lowest BCUT2D eigenvalue weighted by atomic mass is 10.1. The number of methoxy groups -OCH3 is 1. The van der Waals surface area contributed by atoms with Crippen LogP contribution >= 0.6 is 0 Å². The van der Waals surface area contributed by atoms with Gasteiger partial charge in [-0.1, -0.05) is 0 Å². The Morgan fingerprint density at radius 3 is 2.82 bits per heavy atom. The zero-order chi connectivity index (χ0) is 12.4. The highest BCUT2D eigenvalue weighted by atomic mass is 19.1. The summed E-state index contributed by atoms with van der Waals surface area (Å²) < 4.78 is 23.0. The van der Waals surface area contributed by atoms with Crippen LogP contribution < -0.4 is 0 Å². The standard InChI is InChI=1S/C12H9FO4/c1-16-12(15)7-5-8(10-3-2-4-17-10)11(14)9(13)6-7/h2-6,14H,1H3. The lowest BCUT2D eigenvalue weighted by Crippen LogP contribution is -2.02. The molecule has 0 atom stereocenters. The number of phenolic OH excluding ortho intramolecular Hbond substituents is 1. The van der Waals surface area contributed by atoms with E-state index in [9.17, 15) is 14.3 Å². The fourth-order valence-electron chi connectivity index (χ4n) is 1.45.